The number of hydrogen-bond donors (Lipinski definition) is 0. The molecule has 0 saturated carbocycles. The van der Waals surface area contributed by atoms with E-state index in [1.807, 2.05) is 0 Å². The van der Waals surface area contributed by atoms with Gasteiger partial charge in [0.2, 0.25) is 11.2 Å². The Kier molecular flexibility index (Phi) is 3.94. The van der Waals surface area contributed by atoms with Gasteiger partial charge in [0.05, 0.1) is 6.20 Å². The Morgan fingerprint density at radius 2 is 2.16 bits per heavy atom. The van der Waals surface area contributed by atoms with Gasteiger partial charge in [-0.1, -0.05) is 13.3 Å². The fraction of sp³-hybridized carbons (Fsp3) is 0.615. The van der Waals surface area contributed by atoms with E-state index >= 15 is 0 Å². The van der Waals surface area contributed by atoms with Gasteiger partial charge in [-0.2, -0.15) is 4.98 Å². The molecule has 0 aliphatic carbocycles. The third-order valence-corrected chi connectivity index (χ3v) is 3.58. The Labute approximate surface area is 118 Å². The van der Waals surface area contributed by atoms with Gasteiger partial charge in [0.15, 0.2) is 5.82 Å². The first kappa shape index (κ1) is 14.1. The molecule has 0 aromatic carbocycles. The smallest absolute Gasteiger partial charge is 0.249 e. The molecule has 0 fully saturated rings. The predicted molar refractivity (Wildman–Crippen MR) is 76.8 cm³/mol. The molecule has 0 spiro atoms. The van der Waals surface area contributed by atoms with Crippen LogP contribution in [0.3, 0.4) is 0 Å². The van der Waals surface area contributed by atoms with Gasteiger partial charge in [0, 0.05) is 13.1 Å². The van der Waals surface area contributed by atoms with Crippen molar-refractivity contribution in [3.8, 4) is 0 Å². The van der Waals surface area contributed by atoms with Crippen molar-refractivity contribution in [2.24, 2.45) is 0 Å². The summed E-state index contributed by atoms with van der Waals surface area (Å²) in [5, 5.41) is 0.211. The summed E-state index contributed by atoms with van der Waals surface area (Å²) in [7, 11) is 1.76. The average Bonchev–Trinajstić information content (AvgIpc) is 2.35. The van der Waals surface area contributed by atoms with E-state index in [4.69, 9.17) is 11.6 Å². The van der Waals surface area contributed by atoms with Crippen LogP contribution in [0.25, 0.3) is 0 Å². The number of fused-ring (bicyclic) bond motifs is 1. The van der Waals surface area contributed by atoms with Crippen LogP contribution in [0.4, 0.5) is 11.5 Å². The average molecular weight is 283 g/mol. The number of carbonyl (C=O) groups is 1. The standard InChI is InChI=1S/C13H19ClN4O/c1-5-6-9-12(19)17(4)10-7-15-13(14)16-11(10)18(9)8(2)3/h7-9H,5-6H2,1-4H3. The zero-order chi connectivity index (χ0) is 14.2. The molecule has 2 rings (SSSR count). The van der Waals surface area contributed by atoms with Crippen molar-refractivity contribution in [1.29, 1.82) is 0 Å². The molecule has 1 aliphatic heterocycles. The van der Waals surface area contributed by atoms with Crippen LogP contribution in [0.5, 0.6) is 0 Å². The van der Waals surface area contributed by atoms with Crippen molar-refractivity contribution in [3.63, 3.8) is 0 Å². The summed E-state index contributed by atoms with van der Waals surface area (Å²) in [6.45, 7) is 6.19. The van der Waals surface area contributed by atoms with E-state index < -0.39 is 0 Å². The number of hydrogen-bond acceptors (Lipinski definition) is 4. The lowest BCUT2D eigenvalue weighted by Crippen LogP contribution is -2.55. The zero-order valence-corrected chi connectivity index (χ0v) is 12.5. The molecule has 0 N–H and O–H groups in total. The highest BCUT2D eigenvalue weighted by atomic mass is 35.5. The Morgan fingerprint density at radius 3 is 2.74 bits per heavy atom. The molecular weight excluding hydrogens is 264 g/mol. The molecule has 0 radical (unpaired) electrons. The first-order valence-electron chi connectivity index (χ1n) is 6.55. The van der Waals surface area contributed by atoms with Gasteiger partial charge in [-0.25, -0.2) is 4.98 Å². The number of amides is 1. The first-order chi connectivity index (χ1) is 8.97. The van der Waals surface area contributed by atoms with Gasteiger partial charge in [-0.05, 0) is 31.9 Å². The maximum absolute atomic E-state index is 12.5. The van der Waals surface area contributed by atoms with Crippen LogP contribution in [0.2, 0.25) is 5.28 Å². The lowest BCUT2D eigenvalue weighted by Gasteiger charge is -2.42. The van der Waals surface area contributed by atoms with Crippen molar-refractivity contribution >= 4 is 29.0 Å². The summed E-state index contributed by atoms with van der Waals surface area (Å²) in [5.41, 5.74) is 0.718. The maximum Gasteiger partial charge on any atom is 0.249 e. The fourth-order valence-electron chi connectivity index (χ4n) is 2.52. The number of nitrogens with zero attached hydrogens (tertiary/aromatic N) is 4. The molecule has 5 nitrogen and oxygen atoms in total. The highest BCUT2D eigenvalue weighted by molar-refractivity contribution is 6.28. The van der Waals surface area contributed by atoms with Crippen molar-refractivity contribution in [1.82, 2.24) is 9.97 Å². The van der Waals surface area contributed by atoms with E-state index in [-0.39, 0.29) is 23.3 Å². The Bertz CT molecular complexity index is 492. The predicted octanol–water partition coefficient (Wildman–Crippen LogP) is 2.49. The second-order valence-electron chi connectivity index (χ2n) is 5.05. The van der Waals surface area contributed by atoms with Gasteiger partial charge in [0.25, 0.3) is 0 Å². The van der Waals surface area contributed by atoms with Crippen LogP contribution in [0, 0.1) is 0 Å². The maximum atomic E-state index is 12.5. The molecule has 2 heterocycles. The molecular formula is C13H19ClN4O. The fourth-order valence-corrected chi connectivity index (χ4v) is 2.65. The molecule has 1 unspecified atom stereocenters. The molecule has 0 saturated heterocycles. The van der Waals surface area contributed by atoms with Crippen molar-refractivity contribution in [2.45, 2.75) is 45.7 Å². The summed E-state index contributed by atoms with van der Waals surface area (Å²) in [4.78, 5) is 24.4. The second kappa shape index (κ2) is 5.33. The number of halogens is 1. The number of aromatic nitrogens is 2. The van der Waals surface area contributed by atoms with Gasteiger partial charge >= 0.3 is 0 Å². The van der Waals surface area contributed by atoms with E-state index in [0.29, 0.717) is 0 Å². The lowest BCUT2D eigenvalue weighted by molar-refractivity contribution is -0.120. The second-order valence-corrected chi connectivity index (χ2v) is 5.39. The minimum absolute atomic E-state index is 0.0916. The molecule has 1 amide bonds. The van der Waals surface area contributed by atoms with E-state index in [1.165, 1.54) is 0 Å². The summed E-state index contributed by atoms with van der Waals surface area (Å²) in [6, 6.07) is 0.00684. The van der Waals surface area contributed by atoms with Gasteiger partial charge in [0.1, 0.15) is 11.7 Å². The number of rotatable bonds is 3. The molecule has 1 aromatic heterocycles. The molecule has 0 bridgehead atoms. The Balaban J connectivity index is 2.56. The van der Waals surface area contributed by atoms with Crippen LogP contribution in [-0.4, -0.2) is 35.0 Å². The number of carbonyl (C=O) groups excluding carboxylic acids is 1. The van der Waals surface area contributed by atoms with Gasteiger partial charge < -0.3 is 9.80 Å². The number of likely N-dealkylation sites (N-methyl/N-ethyl adjacent to an activating group) is 1. The minimum atomic E-state index is -0.173. The molecule has 19 heavy (non-hydrogen) atoms. The minimum Gasteiger partial charge on any atom is -0.340 e. The summed E-state index contributed by atoms with van der Waals surface area (Å²) >= 11 is 5.90. The number of anilines is 2. The highest BCUT2D eigenvalue weighted by Crippen LogP contribution is 2.36. The lowest BCUT2D eigenvalue weighted by atomic mass is 10.0. The highest BCUT2D eigenvalue weighted by Gasteiger charge is 2.38. The molecule has 1 aromatic rings. The van der Waals surface area contributed by atoms with Crippen LogP contribution >= 0.6 is 11.6 Å². The van der Waals surface area contributed by atoms with Gasteiger partial charge in [-0.15, -0.1) is 0 Å². The van der Waals surface area contributed by atoms with Crippen LogP contribution in [-0.2, 0) is 4.79 Å². The van der Waals surface area contributed by atoms with Crippen LogP contribution in [0.1, 0.15) is 33.6 Å². The van der Waals surface area contributed by atoms with Crippen LogP contribution in [0.15, 0.2) is 6.20 Å². The summed E-state index contributed by atoms with van der Waals surface area (Å²) in [5.74, 6) is 0.838. The molecule has 6 heteroatoms. The summed E-state index contributed by atoms with van der Waals surface area (Å²) < 4.78 is 0. The monoisotopic (exact) mass is 282 g/mol. The molecule has 1 aliphatic rings. The van der Waals surface area contributed by atoms with E-state index in [9.17, 15) is 4.79 Å². The Morgan fingerprint density at radius 1 is 1.47 bits per heavy atom. The van der Waals surface area contributed by atoms with E-state index in [1.54, 1.807) is 18.1 Å². The quantitative estimate of drug-likeness (QED) is 0.799. The normalized spacial score (nSPS) is 19.1. The SMILES string of the molecule is CCCC1C(=O)N(C)c2cnc(Cl)nc2N1C(C)C. The van der Waals surface area contributed by atoms with Crippen LogP contribution < -0.4 is 9.80 Å². The van der Waals surface area contributed by atoms with E-state index in [0.717, 1.165) is 24.3 Å². The van der Waals surface area contributed by atoms with E-state index in [2.05, 4.69) is 35.6 Å². The molecule has 104 valence electrons. The third-order valence-electron chi connectivity index (χ3n) is 3.40. The molecule has 1 atom stereocenters. The van der Waals surface area contributed by atoms with Crippen molar-refractivity contribution < 1.29 is 4.79 Å². The van der Waals surface area contributed by atoms with Crippen molar-refractivity contribution in [3.05, 3.63) is 11.5 Å². The third kappa shape index (κ3) is 2.39. The topological polar surface area (TPSA) is 49.3 Å². The Hall–Kier alpha value is -1.36. The first-order valence-corrected chi connectivity index (χ1v) is 6.93. The van der Waals surface area contributed by atoms with Crippen molar-refractivity contribution in [2.75, 3.05) is 16.8 Å². The largest absolute Gasteiger partial charge is 0.340 e. The zero-order valence-electron chi connectivity index (χ0n) is 11.7. The van der Waals surface area contributed by atoms with Gasteiger partial charge in [-0.3, -0.25) is 4.79 Å². The summed E-state index contributed by atoms with van der Waals surface area (Å²) in [6.07, 6.45) is 3.37.